The van der Waals surface area contributed by atoms with Crippen molar-refractivity contribution in [1.29, 1.82) is 0 Å². The van der Waals surface area contributed by atoms with Gasteiger partial charge in [0.1, 0.15) is 0 Å². The lowest BCUT2D eigenvalue weighted by Gasteiger charge is -2.40. The molecule has 0 aliphatic heterocycles. The highest BCUT2D eigenvalue weighted by atomic mass is 16.6. The number of ether oxygens (including phenoxy) is 1. The quantitative estimate of drug-likeness (QED) is 0.585. The van der Waals surface area contributed by atoms with Crippen molar-refractivity contribution in [2.75, 3.05) is 0 Å². The zero-order chi connectivity index (χ0) is 14.6. The van der Waals surface area contributed by atoms with E-state index in [1.54, 1.807) is 0 Å². The van der Waals surface area contributed by atoms with Gasteiger partial charge < -0.3 is 9.84 Å². The van der Waals surface area contributed by atoms with Crippen LogP contribution < -0.4 is 0 Å². The molecule has 0 bridgehead atoms. The third-order valence-electron chi connectivity index (χ3n) is 5.44. The van der Waals surface area contributed by atoms with E-state index in [4.69, 9.17) is 4.74 Å². The SMILES string of the molecule is CCC1(OC(O)C2C=CC(C(C)C)CC2)CCCCC1. The smallest absolute Gasteiger partial charge is 0.161 e. The molecule has 0 aromatic rings. The summed E-state index contributed by atoms with van der Waals surface area (Å²) < 4.78 is 6.17. The molecule has 2 rings (SSSR count). The van der Waals surface area contributed by atoms with Crippen molar-refractivity contribution in [3.8, 4) is 0 Å². The van der Waals surface area contributed by atoms with Gasteiger partial charge in [-0.2, -0.15) is 0 Å². The molecule has 20 heavy (non-hydrogen) atoms. The van der Waals surface area contributed by atoms with Crippen LogP contribution in [0.25, 0.3) is 0 Å². The molecule has 0 radical (unpaired) electrons. The predicted octanol–water partition coefficient (Wildman–Crippen LogP) is 4.67. The molecule has 2 heteroatoms. The summed E-state index contributed by atoms with van der Waals surface area (Å²) in [6, 6.07) is 0. The molecule has 0 aromatic heterocycles. The summed E-state index contributed by atoms with van der Waals surface area (Å²) >= 11 is 0. The highest BCUT2D eigenvalue weighted by Crippen LogP contribution is 2.37. The molecule has 1 fully saturated rings. The molecular formula is C18H32O2. The molecule has 3 atom stereocenters. The molecule has 3 unspecified atom stereocenters. The normalized spacial score (nSPS) is 31.4. The summed E-state index contributed by atoms with van der Waals surface area (Å²) in [5, 5.41) is 10.5. The lowest BCUT2D eigenvalue weighted by atomic mass is 9.81. The Bertz CT molecular complexity index is 315. The molecule has 2 aliphatic carbocycles. The van der Waals surface area contributed by atoms with Gasteiger partial charge in [0.15, 0.2) is 6.29 Å². The number of allylic oxidation sites excluding steroid dienone is 1. The van der Waals surface area contributed by atoms with Crippen molar-refractivity contribution in [1.82, 2.24) is 0 Å². The van der Waals surface area contributed by atoms with Crippen molar-refractivity contribution < 1.29 is 9.84 Å². The predicted molar refractivity (Wildman–Crippen MR) is 83.4 cm³/mol. The van der Waals surface area contributed by atoms with Gasteiger partial charge in [0.2, 0.25) is 0 Å². The van der Waals surface area contributed by atoms with Crippen LogP contribution in [0.2, 0.25) is 0 Å². The molecule has 0 spiro atoms. The van der Waals surface area contributed by atoms with E-state index in [0.29, 0.717) is 11.8 Å². The first-order chi connectivity index (χ1) is 9.56. The molecular weight excluding hydrogens is 248 g/mol. The van der Waals surface area contributed by atoms with E-state index in [1.807, 2.05) is 0 Å². The van der Waals surface area contributed by atoms with Crippen LogP contribution >= 0.6 is 0 Å². The van der Waals surface area contributed by atoms with Crippen LogP contribution in [0.15, 0.2) is 12.2 Å². The Kier molecular flexibility index (Phi) is 5.68. The van der Waals surface area contributed by atoms with Gasteiger partial charge in [-0.15, -0.1) is 0 Å². The number of aliphatic hydroxyl groups is 1. The Morgan fingerprint density at radius 2 is 1.70 bits per heavy atom. The average Bonchev–Trinajstić information content (AvgIpc) is 2.48. The summed E-state index contributed by atoms with van der Waals surface area (Å²) in [5.41, 5.74) is -0.0552. The maximum Gasteiger partial charge on any atom is 0.161 e. The van der Waals surface area contributed by atoms with Crippen molar-refractivity contribution in [2.45, 2.75) is 84.0 Å². The lowest BCUT2D eigenvalue weighted by molar-refractivity contribution is -0.215. The Morgan fingerprint density at radius 1 is 1.10 bits per heavy atom. The van der Waals surface area contributed by atoms with E-state index in [9.17, 15) is 5.11 Å². The Labute approximate surface area is 124 Å². The summed E-state index contributed by atoms with van der Waals surface area (Å²) in [7, 11) is 0. The van der Waals surface area contributed by atoms with Crippen molar-refractivity contribution in [2.24, 2.45) is 17.8 Å². The monoisotopic (exact) mass is 280 g/mol. The molecule has 1 N–H and O–H groups in total. The first-order valence-electron chi connectivity index (χ1n) is 8.60. The van der Waals surface area contributed by atoms with Gasteiger partial charge in [0.25, 0.3) is 0 Å². The van der Waals surface area contributed by atoms with Crippen LogP contribution in [0, 0.1) is 17.8 Å². The van der Waals surface area contributed by atoms with Gasteiger partial charge >= 0.3 is 0 Å². The van der Waals surface area contributed by atoms with Crippen LogP contribution in [0.3, 0.4) is 0 Å². The maximum absolute atomic E-state index is 10.5. The van der Waals surface area contributed by atoms with E-state index in [1.165, 1.54) is 25.7 Å². The van der Waals surface area contributed by atoms with Gasteiger partial charge in [-0.05, 0) is 43.9 Å². The highest BCUT2D eigenvalue weighted by Gasteiger charge is 2.35. The molecule has 0 saturated heterocycles. The third kappa shape index (κ3) is 3.85. The summed E-state index contributed by atoms with van der Waals surface area (Å²) in [6.45, 7) is 6.75. The molecule has 2 aliphatic rings. The minimum atomic E-state index is -0.614. The number of hydrogen-bond donors (Lipinski definition) is 1. The first-order valence-corrected chi connectivity index (χ1v) is 8.60. The minimum Gasteiger partial charge on any atom is -0.367 e. The summed E-state index contributed by atoms with van der Waals surface area (Å²) in [4.78, 5) is 0. The zero-order valence-corrected chi connectivity index (χ0v) is 13.5. The molecule has 0 aromatic carbocycles. The second-order valence-electron chi connectivity index (χ2n) is 7.14. The fraction of sp³-hybridized carbons (Fsp3) is 0.889. The van der Waals surface area contributed by atoms with Crippen molar-refractivity contribution in [3.05, 3.63) is 12.2 Å². The lowest BCUT2D eigenvalue weighted by Crippen LogP contribution is -2.41. The van der Waals surface area contributed by atoms with Crippen LogP contribution in [0.4, 0.5) is 0 Å². The third-order valence-corrected chi connectivity index (χ3v) is 5.44. The van der Waals surface area contributed by atoms with E-state index < -0.39 is 6.29 Å². The molecule has 2 nitrogen and oxygen atoms in total. The van der Waals surface area contributed by atoms with Gasteiger partial charge in [-0.25, -0.2) is 0 Å². The maximum atomic E-state index is 10.5. The molecule has 0 heterocycles. The Hall–Kier alpha value is -0.340. The van der Waals surface area contributed by atoms with Crippen LogP contribution in [0.5, 0.6) is 0 Å². The van der Waals surface area contributed by atoms with Gasteiger partial charge in [-0.3, -0.25) is 0 Å². The Morgan fingerprint density at radius 3 is 2.20 bits per heavy atom. The summed E-state index contributed by atoms with van der Waals surface area (Å²) in [5.74, 6) is 1.56. The Balaban J connectivity index is 1.91. The fourth-order valence-corrected chi connectivity index (χ4v) is 3.75. The zero-order valence-electron chi connectivity index (χ0n) is 13.5. The van der Waals surface area contributed by atoms with Crippen LogP contribution in [-0.4, -0.2) is 17.0 Å². The average molecular weight is 280 g/mol. The van der Waals surface area contributed by atoms with Crippen molar-refractivity contribution >= 4 is 0 Å². The summed E-state index contributed by atoms with van der Waals surface area (Å²) in [6.07, 6.45) is 13.2. The van der Waals surface area contributed by atoms with E-state index in [2.05, 4.69) is 32.9 Å². The molecule has 1 saturated carbocycles. The van der Waals surface area contributed by atoms with E-state index in [-0.39, 0.29) is 11.5 Å². The fourth-order valence-electron chi connectivity index (χ4n) is 3.75. The van der Waals surface area contributed by atoms with Crippen LogP contribution in [0.1, 0.15) is 72.1 Å². The van der Waals surface area contributed by atoms with Gasteiger partial charge in [-0.1, -0.05) is 52.2 Å². The van der Waals surface area contributed by atoms with Crippen molar-refractivity contribution in [3.63, 3.8) is 0 Å². The van der Waals surface area contributed by atoms with E-state index >= 15 is 0 Å². The minimum absolute atomic E-state index is 0.0552. The number of hydrogen-bond acceptors (Lipinski definition) is 2. The topological polar surface area (TPSA) is 29.5 Å². The standard InChI is InChI=1S/C18H32O2/c1-4-18(12-6-5-7-13-18)20-17(19)16-10-8-15(9-11-16)14(2)3/h8,10,14-17,19H,4-7,9,11-13H2,1-3H3. The van der Waals surface area contributed by atoms with Crippen LogP contribution in [-0.2, 0) is 4.74 Å². The first kappa shape index (κ1) is 16.0. The van der Waals surface area contributed by atoms with Gasteiger partial charge in [0.05, 0.1) is 5.60 Å². The second-order valence-corrected chi connectivity index (χ2v) is 7.14. The number of rotatable bonds is 5. The largest absolute Gasteiger partial charge is 0.367 e. The second kappa shape index (κ2) is 7.09. The molecule has 0 amide bonds. The highest BCUT2D eigenvalue weighted by molar-refractivity contribution is 5.00. The molecule has 116 valence electrons. The van der Waals surface area contributed by atoms with Gasteiger partial charge in [0, 0.05) is 5.92 Å². The van der Waals surface area contributed by atoms with E-state index in [0.717, 1.165) is 25.7 Å². The number of aliphatic hydroxyl groups excluding tert-OH is 1.